The summed E-state index contributed by atoms with van der Waals surface area (Å²) in [7, 11) is -1.82. The third kappa shape index (κ3) is 3.84. The molecule has 0 saturated carbocycles. The molecule has 2 heterocycles. The Morgan fingerprint density at radius 1 is 1.35 bits per heavy atom. The fourth-order valence-electron chi connectivity index (χ4n) is 1.69. The summed E-state index contributed by atoms with van der Waals surface area (Å²) in [5, 5.41) is 6.62. The lowest BCUT2D eigenvalue weighted by Gasteiger charge is -2.15. The van der Waals surface area contributed by atoms with Gasteiger partial charge in [0.1, 0.15) is 5.82 Å². The van der Waals surface area contributed by atoms with E-state index in [0.717, 1.165) is 5.69 Å². The molecule has 0 unspecified atom stereocenters. The van der Waals surface area contributed by atoms with Gasteiger partial charge in [-0.2, -0.15) is 9.40 Å². The van der Waals surface area contributed by atoms with Gasteiger partial charge in [0.2, 0.25) is 10.0 Å². The van der Waals surface area contributed by atoms with Gasteiger partial charge in [-0.25, -0.2) is 13.4 Å². The van der Waals surface area contributed by atoms with Crippen LogP contribution in [0.3, 0.4) is 0 Å². The second-order valence-electron chi connectivity index (χ2n) is 4.48. The highest BCUT2D eigenvalue weighted by Gasteiger charge is 2.19. The lowest BCUT2D eigenvalue weighted by atomic mass is 10.3. The minimum Gasteiger partial charge on any atom is -0.263 e. The molecule has 0 radical (unpaired) electrons. The van der Waals surface area contributed by atoms with Crippen molar-refractivity contribution in [3.8, 4) is 0 Å². The summed E-state index contributed by atoms with van der Waals surface area (Å²) >= 11 is 0. The van der Waals surface area contributed by atoms with Gasteiger partial charge in [0.25, 0.3) is 0 Å². The van der Waals surface area contributed by atoms with Crippen molar-refractivity contribution in [2.45, 2.75) is 19.9 Å². The van der Waals surface area contributed by atoms with E-state index < -0.39 is 10.0 Å². The molecule has 0 spiro atoms. The van der Waals surface area contributed by atoms with Crippen molar-refractivity contribution in [3.05, 3.63) is 41.7 Å². The van der Waals surface area contributed by atoms with Crippen LogP contribution in [0.15, 0.2) is 24.4 Å². The van der Waals surface area contributed by atoms with Crippen LogP contribution >= 0.6 is 0 Å². The molecule has 0 saturated heterocycles. The Morgan fingerprint density at radius 2 is 2.15 bits per heavy atom. The fourth-order valence-corrected chi connectivity index (χ4v) is 2.78. The number of H-pyrrole nitrogens is 1. The summed E-state index contributed by atoms with van der Waals surface area (Å²) in [4.78, 5) is 8.21. The molecular formula is C12H17N5O2S. The Bertz CT molecular complexity index is 653. The molecule has 20 heavy (non-hydrogen) atoms. The highest BCUT2D eigenvalue weighted by molar-refractivity contribution is 7.89. The van der Waals surface area contributed by atoms with E-state index in [0.29, 0.717) is 18.1 Å². The number of hydrogen-bond donors (Lipinski definition) is 1. The first-order valence-electron chi connectivity index (χ1n) is 6.19. The summed E-state index contributed by atoms with van der Waals surface area (Å²) in [5.74, 6) is 1.15. The minimum atomic E-state index is -3.35. The lowest BCUT2D eigenvalue weighted by molar-refractivity contribution is 0.457. The highest BCUT2D eigenvalue weighted by atomic mass is 32.2. The third-order valence-electron chi connectivity index (χ3n) is 2.82. The molecule has 0 amide bonds. The zero-order chi connectivity index (χ0) is 14.6. The second-order valence-corrected chi connectivity index (χ2v) is 6.68. The quantitative estimate of drug-likeness (QED) is 0.838. The van der Waals surface area contributed by atoms with Crippen LogP contribution in [0.2, 0.25) is 0 Å². The van der Waals surface area contributed by atoms with Crippen molar-refractivity contribution in [1.82, 2.24) is 24.5 Å². The predicted octanol–water partition coefficient (Wildman–Crippen LogP) is 0.512. The zero-order valence-corrected chi connectivity index (χ0v) is 12.3. The number of nitrogens with one attached hydrogen (secondary N) is 1. The Morgan fingerprint density at radius 3 is 2.75 bits per heavy atom. The van der Waals surface area contributed by atoms with Crippen LogP contribution in [0, 0.1) is 6.92 Å². The molecular weight excluding hydrogens is 278 g/mol. The summed E-state index contributed by atoms with van der Waals surface area (Å²) in [6.45, 7) is 1.93. The van der Waals surface area contributed by atoms with Gasteiger partial charge in [-0.05, 0) is 19.1 Å². The second kappa shape index (κ2) is 6.10. The van der Waals surface area contributed by atoms with Gasteiger partial charge < -0.3 is 0 Å². The van der Waals surface area contributed by atoms with E-state index >= 15 is 0 Å². The number of aromatic amines is 1. The maximum Gasteiger partial charge on any atom is 0.214 e. The van der Waals surface area contributed by atoms with Gasteiger partial charge in [-0.3, -0.25) is 10.1 Å². The monoisotopic (exact) mass is 295 g/mol. The van der Waals surface area contributed by atoms with Crippen molar-refractivity contribution in [1.29, 1.82) is 0 Å². The topological polar surface area (TPSA) is 91.8 Å². The zero-order valence-electron chi connectivity index (χ0n) is 11.4. The number of aromatic nitrogens is 4. The number of sulfonamides is 1. The van der Waals surface area contributed by atoms with Crippen molar-refractivity contribution < 1.29 is 8.42 Å². The summed E-state index contributed by atoms with van der Waals surface area (Å²) in [6, 6.07) is 5.46. The number of rotatable bonds is 6. The van der Waals surface area contributed by atoms with E-state index in [9.17, 15) is 8.42 Å². The molecule has 108 valence electrons. The van der Waals surface area contributed by atoms with Crippen LogP contribution in [0.5, 0.6) is 0 Å². The molecule has 7 nitrogen and oxygen atoms in total. The number of hydrogen-bond acceptors (Lipinski definition) is 5. The van der Waals surface area contributed by atoms with Crippen LogP contribution < -0.4 is 0 Å². The standard InChI is InChI=1S/C12H17N5O2S/c1-10-14-12(16-15-10)9-17(2)20(18,19)8-6-11-5-3-4-7-13-11/h3-5,7H,6,8-9H2,1-2H3,(H,14,15,16). The SMILES string of the molecule is Cc1nc(CN(C)S(=O)(=O)CCc2ccccn2)n[nH]1. The van der Waals surface area contributed by atoms with Crippen molar-refractivity contribution in [3.63, 3.8) is 0 Å². The van der Waals surface area contributed by atoms with E-state index in [2.05, 4.69) is 20.2 Å². The van der Waals surface area contributed by atoms with E-state index in [1.165, 1.54) is 11.4 Å². The summed E-state index contributed by atoms with van der Waals surface area (Å²) in [5.41, 5.74) is 0.762. The molecule has 0 aliphatic rings. The molecule has 1 N–H and O–H groups in total. The normalized spacial score (nSPS) is 11.9. The molecule has 2 aromatic heterocycles. The first-order chi connectivity index (χ1) is 9.47. The van der Waals surface area contributed by atoms with Gasteiger partial charge >= 0.3 is 0 Å². The van der Waals surface area contributed by atoms with Crippen molar-refractivity contribution in [2.24, 2.45) is 0 Å². The molecule has 0 atom stereocenters. The summed E-state index contributed by atoms with van der Waals surface area (Å²) in [6.07, 6.45) is 2.04. The molecule has 2 rings (SSSR count). The smallest absolute Gasteiger partial charge is 0.214 e. The first-order valence-corrected chi connectivity index (χ1v) is 7.80. The van der Waals surface area contributed by atoms with Gasteiger partial charge in [0.15, 0.2) is 5.82 Å². The Balaban J connectivity index is 1.95. The van der Waals surface area contributed by atoms with Gasteiger partial charge in [-0.1, -0.05) is 6.07 Å². The third-order valence-corrected chi connectivity index (χ3v) is 4.62. The largest absolute Gasteiger partial charge is 0.263 e. The lowest BCUT2D eigenvalue weighted by Crippen LogP contribution is -2.30. The molecule has 8 heteroatoms. The van der Waals surface area contributed by atoms with E-state index in [-0.39, 0.29) is 12.3 Å². The van der Waals surface area contributed by atoms with Crippen LogP contribution in [0.4, 0.5) is 0 Å². The minimum absolute atomic E-state index is 0.0178. The van der Waals surface area contributed by atoms with Crippen LogP contribution in [-0.2, 0) is 23.0 Å². The Kier molecular flexibility index (Phi) is 4.46. The van der Waals surface area contributed by atoms with E-state index in [4.69, 9.17) is 0 Å². The molecule has 2 aromatic rings. The number of nitrogens with zero attached hydrogens (tertiary/aromatic N) is 4. The molecule has 0 aromatic carbocycles. The fraction of sp³-hybridized carbons (Fsp3) is 0.417. The molecule has 0 bridgehead atoms. The first kappa shape index (κ1) is 14.6. The maximum absolute atomic E-state index is 12.1. The van der Waals surface area contributed by atoms with E-state index in [1.54, 1.807) is 19.2 Å². The van der Waals surface area contributed by atoms with E-state index in [1.807, 2.05) is 12.1 Å². The average Bonchev–Trinajstić information content (AvgIpc) is 2.83. The van der Waals surface area contributed by atoms with Gasteiger partial charge in [0.05, 0.1) is 12.3 Å². The Labute approximate surface area is 118 Å². The molecule has 0 aliphatic heterocycles. The molecule has 0 aliphatic carbocycles. The van der Waals surface area contributed by atoms with Crippen LogP contribution in [-0.4, -0.2) is 45.7 Å². The van der Waals surface area contributed by atoms with Gasteiger partial charge in [-0.15, -0.1) is 0 Å². The van der Waals surface area contributed by atoms with Crippen molar-refractivity contribution >= 4 is 10.0 Å². The van der Waals surface area contributed by atoms with Crippen molar-refractivity contribution in [2.75, 3.05) is 12.8 Å². The Hall–Kier alpha value is -1.80. The van der Waals surface area contributed by atoms with Gasteiger partial charge in [0, 0.05) is 25.4 Å². The van der Waals surface area contributed by atoms with Crippen LogP contribution in [0.1, 0.15) is 17.3 Å². The highest BCUT2D eigenvalue weighted by Crippen LogP contribution is 2.06. The number of pyridine rings is 1. The predicted molar refractivity (Wildman–Crippen MR) is 74.3 cm³/mol. The molecule has 0 fully saturated rings. The maximum atomic E-state index is 12.1. The average molecular weight is 295 g/mol. The van der Waals surface area contributed by atoms with Crippen LogP contribution in [0.25, 0.3) is 0 Å². The summed E-state index contributed by atoms with van der Waals surface area (Å²) < 4.78 is 25.6. The number of aryl methyl sites for hydroxylation is 2.